The summed E-state index contributed by atoms with van der Waals surface area (Å²) in [5, 5.41) is 6.45. The zero-order valence-electron chi connectivity index (χ0n) is 15.6. The highest BCUT2D eigenvalue weighted by atomic mass is 32.2. The summed E-state index contributed by atoms with van der Waals surface area (Å²) in [5.41, 5.74) is 1.66. The molecule has 6 nitrogen and oxygen atoms in total. The second-order valence-electron chi connectivity index (χ2n) is 6.16. The zero-order chi connectivity index (χ0) is 20.3. The molecule has 0 spiro atoms. The molecule has 0 aliphatic carbocycles. The van der Waals surface area contributed by atoms with Crippen LogP contribution >= 0.6 is 11.3 Å². The van der Waals surface area contributed by atoms with E-state index in [-0.39, 0.29) is 4.90 Å². The van der Waals surface area contributed by atoms with Gasteiger partial charge >= 0.3 is 0 Å². The third kappa shape index (κ3) is 4.18. The van der Waals surface area contributed by atoms with Gasteiger partial charge in [-0.25, -0.2) is 13.1 Å². The van der Waals surface area contributed by atoms with Gasteiger partial charge in [-0.15, -0.1) is 11.3 Å². The molecule has 0 fully saturated rings. The summed E-state index contributed by atoms with van der Waals surface area (Å²) in [5.74, 6) is 0.687. The van der Waals surface area contributed by atoms with Crippen molar-refractivity contribution in [1.82, 2.24) is 9.78 Å². The molecule has 0 amide bonds. The van der Waals surface area contributed by atoms with Crippen molar-refractivity contribution in [2.24, 2.45) is 0 Å². The number of benzene rings is 2. The van der Waals surface area contributed by atoms with Crippen LogP contribution in [-0.2, 0) is 10.0 Å². The maximum atomic E-state index is 13.2. The molecular formula is C21H19N3O3S2. The summed E-state index contributed by atoms with van der Waals surface area (Å²) >= 11 is 1.44. The van der Waals surface area contributed by atoms with Crippen molar-refractivity contribution in [1.29, 1.82) is 0 Å². The summed E-state index contributed by atoms with van der Waals surface area (Å²) in [4.78, 5) is 0.907. The molecule has 2 aromatic carbocycles. The number of thiophene rings is 1. The standard InChI is InChI=1S/C21H19N3O3S2/c1-2-27-18-12-10-16(11-13-18)23-29(25,26)20-15-24(17-7-4-3-5-8-17)22-21(20)19-9-6-14-28-19/h3-15,23H,2H2,1H3. The fourth-order valence-electron chi connectivity index (χ4n) is 2.85. The largest absolute Gasteiger partial charge is 0.494 e. The average Bonchev–Trinajstić information content (AvgIpc) is 3.40. The van der Waals surface area contributed by atoms with Crippen molar-refractivity contribution in [3.8, 4) is 22.0 Å². The predicted octanol–water partition coefficient (Wildman–Crippen LogP) is 4.80. The number of para-hydroxylation sites is 1. The Morgan fingerprint density at radius 2 is 1.79 bits per heavy atom. The van der Waals surface area contributed by atoms with Gasteiger partial charge in [-0.2, -0.15) is 5.10 Å². The number of nitrogens with zero attached hydrogens (tertiary/aromatic N) is 2. The first-order chi connectivity index (χ1) is 14.1. The van der Waals surface area contributed by atoms with E-state index in [1.54, 1.807) is 35.1 Å². The van der Waals surface area contributed by atoms with Crippen LogP contribution in [0.15, 0.2) is 83.2 Å². The van der Waals surface area contributed by atoms with Gasteiger partial charge in [0.05, 0.1) is 23.4 Å². The Morgan fingerprint density at radius 1 is 1.03 bits per heavy atom. The average molecular weight is 426 g/mol. The van der Waals surface area contributed by atoms with E-state index in [0.717, 1.165) is 10.6 Å². The normalized spacial score (nSPS) is 11.3. The molecule has 4 rings (SSSR count). The Bertz CT molecular complexity index is 1180. The summed E-state index contributed by atoms with van der Waals surface area (Å²) in [6, 6.07) is 20.0. The molecule has 8 heteroatoms. The van der Waals surface area contributed by atoms with Crippen LogP contribution < -0.4 is 9.46 Å². The Kier molecular flexibility index (Phi) is 5.37. The summed E-state index contributed by atoms with van der Waals surface area (Å²) < 4.78 is 36.0. The number of nitrogens with one attached hydrogen (secondary N) is 1. The van der Waals surface area contributed by atoms with Crippen LogP contribution in [0.4, 0.5) is 5.69 Å². The van der Waals surface area contributed by atoms with E-state index in [1.165, 1.54) is 11.3 Å². The molecule has 4 aromatic rings. The molecule has 2 aromatic heterocycles. The van der Waals surface area contributed by atoms with Gasteiger partial charge in [0.1, 0.15) is 16.3 Å². The fourth-order valence-corrected chi connectivity index (χ4v) is 4.84. The van der Waals surface area contributed by atoms with Crippen molar-refractivity contribution < 1.29 is 13.2 Å². The smallest absolute Gasteiger partial charge is 0.265 e. The lowest BCUT2D eigenvalue weighted by Gasteiger charge is -2.09. The minimum absolute atomic E-state index is 0.123. The van der Waals surface area contributed by atoms with Gasteiger partial charge in [-0.3, -0.25) is 4.72 Å². The van der Waals surface area contributed by atoms with E-state index in [9.17, 15) is 8.42 Å². The molecule has 0 aliphatic rings. The summed E-state index contributed by atoms with van der Waals surface area (Å²) in [6.45, 7) is 2.45. The highest BCUT2D eigenvalue weighted by molar-refractivity contribution is 7.92. The van der Waals surface area contributed by atoms with E-state index in [0.29, 0.717) is 23.7 Å². The first-order valence-corrected chi connectivity index (χ1v) is 11.4. The second-order valence-corrected chi connectivity index (χ2v) is 8.76. The monoisotopic (exact) mass is 425 g/mol. The van der Waals surface area contributed by atoms with Crippen LogP contribution in [0.25, 0.3) is 16.3 Å². The topological polar surface area (TPSA) is 73.2 Å². The highest BCUT2D eigenvalue weighted by Crippen LogP contribution is 2.32. The quantitative estimate of drug-likeness (QED) is 0.462. The molecule has 1 N–H and O–H groups in total. The van der Waals surface area contributed by atoms with Crippen molar-refractivity contribution >= 4 is 27.0 Å². The van der Waals surface area contributed by atoms with Gasteiger partial charge in [-0.1, -0.05) is 24.3 Å². The summed E-state index contributed by atoms with van der Waals surface area (Å²) in [6.07, 6.45) is 1.54. The predicted molar refractivity (Wildman–Crippen MR) is 115 cm³/mol. The molecule has 0 saturated carbocycles. The van der Waals surface area contributed by atoms with Crippen LogP contribution in [0.5, 0.6) is 5.75 Å². The molecule has 0 bridgehead atoms. The molecule has 0 atom stereocenters. The zero-order valence-corrected chi connectivity index (χ0v) is 17.3. The SMILES string of the molecule is CCOc1ccc(NS(=O)(=O)c2cn(-c3ccccc3)nc2-c2cccs2)cc1. The van der Waals surface area contributed by atoms with Gasteiger partial charge in [0.2, 0.25) is 0 Å². The van der Waals surface area contributed by atoms with Gasteiger partial charge in [-0.05, 0) is 54.8 Å². The van der Waals surface area contributed by atoms with Crippen molar-refractivity contribution in [3.63, 3.8) is 0 Å². The number of ether oxygens (including phenoxy) is 1. The molecule has 29 heavy (non-hydrogen) atoms. The lowest BCUT2D eigenvalue weighted by atomic mass is 10.3. The first-order valence-electron chi connectivity index (χ1n) is 9.01. The molecule has 0 unspecified atom stereocenters. The third-order valence-electron chi connectivity index (χ3n) is 4.16. The van der Waals surface area contributed by atoms with Crippen LogP contribution in [0.2, 0.25) is 0 Å². The molecule has 0 radical (unpaired) electrons. The maximum Gasteiger partial charge on any atom is 0.265 e. The maximum absolute atomic E-state index is 13.2. The lowest BCUT2D eigenvalue weighted by Crippen LogP contribution is -2.13. The number of anilines is 1. The van der Waals surface area contributed by atoms with E-state index in [2.05, 4.69) is 9.82 Å². The van der Waals surface area contributed by atoms with Gasteiger partial charge < -0.3 is 4.74 Å². The molecule has 148 valence electrons. The third-order valence-corrected chi connectivity index (χ3v) is 6.42. The Hall–Kier alpha value is -3.10. The minimum atomic E-state index is -3.85. The highest BCUT2D eigenvalue weighted by Gasteiger charge is 2.25. The van der Waals surface area contributed by atoms with E-state index in [1.807, 2.05) is 54.8 Å². The van der Waals surface area contributed by atoms with Crippen LogP contribution in [0.1, 0.15) is 6.92 Å². The van der Waals surface area contributed by atoms with E-state index >= 15 is 0 Å². The van der Waals surface area contributed by atoms with E-state index in [4.69, 9.17) is 4.74 Å². The van der Waals surface area contributed by atoms with Crippen LogP contribution in [-0.4, -0.2) is 24.8 Å². The number of hydrogen-bond acceptors (Lipinski definition) is 5. The van der Waals surface area contributed by atoms with Crippen LogP contribution in [0.3, 0.4) is 0 Å². The Morgan fingerprint density at radius 3 is 2.45 bits per heavy atom. The van der Waals surface area contributed by atoms with Crippen molar-refractivity contribution in [2.75, 3.05) is 11.3 Å². The Labute approximate surface area is 173 Å². The van der Waals surface area contributed by atoms with Gasteiger partial charge in [0, 0.05) is 5.69 Å². The van der Waals surface area contributed by atoms with Gasteiger partial charge in [0.15, 0.2) is 0 Å². The van der Waals surface area contributed by atoms with E-state index < -0.39 is 10.0 Å². The first kappa shape index (κ1) is 19.2. The lowest BCUT2D eigenvalue weighted by molar-refractivity contribution is 0.340. The number of sulfonamides is 1. The van der Waals surface area contributed by atoms with Gasteiger partial charge in [0.25, 0.3) is 10.0 Å². The fraction of sp³-hybridized carbons (Fsp3) is 0.0952. The van der Waals surface area contributed by atoms with Crippen molar-refractivity contribution in [2.45, 2.75) is 11.8 Å². The second kappa shape index (κ2) is 8.10. The Balaban J connectivity index is 1.73. The number of aromatic nitrogens is 2. The number of rotatable bonds is 7. The molecule has 0 saturated heterocycles. The summed E-state index contributed by atoms with van der Waals surface area (Å²) in [7, 11) is -3.85. The molecular weight excluding hydrogens is 406 g/mol. The van der Waals surface area contributed by atoms with Crippen molar-refractivity contribution in [3.05, 3.63) is 78.3 Å². The molecule has 0 aliphatic heterocycles. The minimum Gasteiger partial charge on any atom is -0.494 e. The number of hydrogen-bond donors (Lipinski definition) is 1. The van der Waals surface area contributed by atoms with Crippen LogP contribution in [0, 0.1) is 0 Å². The molecule has 2 heterocycles.